The molecule has 2 aromatic carbocycles. The molecule has 2 aromatic heterocycles. The summed E-state index contributed by atoms with van der Waals surface area (Å²) in [6, 6.07) is 17.0. The molecule has 28 heavy (non-hydrogen) atoms. The van der Waals surface area contributed by atoms with Crippen molar-refractivity contribution in [2.24, 2.45) is 0 Å². The summed E-state index contributed by atoms with van der Waals surface area (Å²) >= 11 is 1.37. The van der Waals surface area contributed by atoms with E-state index in [1.54, 1.807) is 41.1 Å². The van der Waals surface area contributed by atoms with E-state index in [4.69, 9.17) is 4.74 Å². The van der Waals surface area contributed by atoms with E-state index in [1.807, 2.05) is 17.5 Å². The van der Waals surface area contributed by atoms with Crippen molar-refractivity contribution >= 4 is 22.9 Å². The molecule has 0 unspecified atom stereocenters. The Bertz CT molecular complexity index is 1120. The zero-order chi connectivity index (χ0) is 19.5. The Kier molecular flexibility index (Phi) is 4.86. The maximum Gasteiger partial charge on any atom is 0.336 e. The van der Waals surface area contributed by atoms with Crippen LogP contribution in [0.4, 0.5) is 10.1 Å². The number of carbonyl (C=O) groups excluding carboxylic acids is 1. The van der Waals surface area contributed by atoms with Gasteiger partial charge in [-0.25, -0.2) is 9.07 Å². The van der Waals surface area contributed by atoms with Gasteiger partial charge in [0.25, 0.3) is 5.91 Å². The second-order valence-corrected chi connectivity index (χ2v) is 6.77. The first-order chi connectivity index (χ1) is 13.6. The molecular formula is C20H15FN4O2S. The molecule has 2 heterocycles. The van der Waals surface area contributed by atoms with Gasteiger partial charge in [-0.2, -0.15) is 4.98 Å². The van der Waals surface area contributed by atoms with Crippen LogP contribution in [0.15, 0.2) is 66.0 Å². The van der Waals surface area contributed by atoms with Gasteiger partial charge in [0.2, 0.25) is 0 Å². The van der Waals surface area contributed by atoms with Gasteiger partial charge in [-0.05, 0) is 41.8 Å². The summed E-state index contributed by atoms with van der Waals surface area (Å²) in [6.45, 7) is 0. The molecule has 0 spiro atoms. The van der Waals surface area contributed by atoms with Crippen LogP contribution in [0, 0.1) is 5.82 Å². The quantitative estimate of drug-likeness (QED) is 0.545. The average Bonchev–Trinajstić information content (AvgIpc) is 3.38. The van der Waals surface area contributed by atoms with Crippen molar-refractivity contribution in [3.05, 3.63) is 76.7 Å². The fourth-order valence-electron chi connectivity index (χ4n) is 2.69. The molecule has 0 radical (unpaired) electrons. The number of carbonyl (C=O) groups is 1. The van der Waals surface area contributed by atoms with Gasteiger partial charge in [0.1, 0.15) is 5.82 Å². The highest BCUT2D eigenvalue weighted by Gasteiger charge is 2.15. The van der Waals surface area contributed by atoms with Crippen LogP contribution in [-0.4, -0.2) is 27.8 Å². The Labute approximate surface area is 164 Å². The molecule has 140 valence electrons. The van der Waals surface area contributed by atoms with Crippen molar-refractivity contribution < 1.29 is 13.9 Å². The smallest absolute Gasteiger partial charge is 0.336 e. The lowest BCUT2D eigenvalue weighted by Gasteiger charge is -2.09. The maximum atomic E-state index is 13.7. The molecule has 4 rings (SSSR count). The number of nitrogens with zero attached hydrogens (tertiary/aromatic N) is 3. The van der Waals surface area contributed by atoms with Crippen molar-refractivity contribution in [3.63, 3.8) is 0 Å². The number of thiophene rings is 1. The number of methoxy groups -OCH3 is 1. The third kappa shape index (κ3) is 3.63. The first-order valence-corrected chi connectivity index (χ1v) is 9.24. The topological polar surface area (TPSA) is 69.0 Å². The second kappa shape index (κ2) is 7.61. The predicted molar refractivity (Wildman–Crippen MR) is 106 cm³/mol. The first-order valence-electron chi connectivity index (χ1n) is 8.36. The van der Waals surface area contributed by atoms with Gasteiger partial charge in [-0.1, -0.05) is 24.3 Å². The third-order valence-corrected chi connectivity index (χ3v) is 4.82. The van der Waals surface area contributed by atoms with Crippen molar-refractivity contribution in [3.8, 4) is 23.1 Å². The average molecular weight is 394 g/mol. The zero-order valence-corrected chi connectivity index (χ0v) is 15.6. The van der Waals surface area contributed by atoms with Gasteiger partial charge in [0, 0.05) is 11.3 Å². The Morgan fingerprint density at radius 2 is 2.00 bits per heavy atom. The summed E-state index contributed by atoms with van der Waals surface area (Å²) in [4.78, 5) is 17.2. The van der Waals surface area contributed by atoms with E-state index < -0.39 is 0 Å². The number of aromatic nitrogens is 3. The molecule has 0 fully saturated rings. The molecule has 0 saturated carbocycles. The van der Waals surface area contributed by atoms with Crippen LogP contribution in [0.2, 0.25) is 0 Å². The lowest BCUT2D eigenvalue weighted by Crippen LogP contribution is -2.10. The number of nitrogens with one attached hydrogen (secondary N) is 1. The number of hydrogen-bond donors (Lipinski definition) is 1. The van der Waals surface area contributed by atoms with E-state index in [1.165, 1.54) is 30.6 Å². The Balaban J connectivity index is 1.71. The Morgan fingerprint density at radius 1 is 1.14 bits per heavy atom. The number of ether oxygens (including phenoxy) is 1. The van der Waals surface area contributed by atoms with Crippen LogP contribution in [0.3, 0.4) is 0 Å². The minimum atomic E-state index is -0.372. The van der Waals surface area contributed by atoms with Crippen molar-refractivity contribution in [2.45, 2.75) is 0 Å². The van der Waals surface area contributed by atoms with Crippen LogP contribution in [0.25, 0.3) is 17.1 Å². The molecule has 0 bridgehead atoms. The van der Waals surface area contributed by atoms with E-state index in [9.17, 15) is 9.18 Å². The van der Waals surface area contributed by atoms with Crippen molar-refractivity contribution in [2.75, 3.05) is 12.4 Å². The minimum Gasteiger partial charge on any atom is -0.466 e. The van der Waals surface area contributed by atoms with E-state index in [0.717, 1.165) is 0 Å². The van der Waals surface area contributed by atoms with Crippen LogP contribution in [0.5, 0.6) is 6.01 Å². The van der Waals surface area contributed by atoms with Gasteiger partial charge in [0.15, 0.2) is 5.82 Å². The van der Waals surface area contributed by atoms with E-state index in [2.05, 4.69) is 15.4 Å². The first kappa shape index (κ1) is 17.9. The molecule has 6 nitrogen and oxygen atoms in total. The summed E-state index contributed by atoms with van der Waals surface area (Å²) < 4.78 is 20.4. The number of benzene rings is 2. The Hall–Kier alpha value is -3.52. The Morgan fingerprint density at radius 3 is 2.75 bits per heavy atom. The molecule has 0 atom stereocenters. The van der Waals surface area contributed by atoms with Gasteiger partial charge in [0.05, 0.1) is 17.7 Å². The number of halogens is 1. The monoisotopic (exact) mass is 394 g/mol. The third-order valence-electron chi connectivity index (χ3n) is 3.95. The highest BCUT2D eigenvalue weighted by molar-refractivity contribution is 7.12. The molecule has 0 aliphatic rings. The lowest BCUT2D eigenvalue weighted by atomic mass is 10.2. The predicted octanol–water partition coefficient (Wildman–Crippen LogP) is 4.40. The molecule has 4 aromatic rings. The van der Waals surface area contributed by atoms with Gasteiger partial charge < -0.3 is 10.1 Å². The number of anilines is 1. The second-order valence-electron chi connectivity index (χ2n) is 5.83. The molecule has 0 aliphatic heterocycles. The molecule has 8 heteroatoms. The van der Waals surface area contributed by atoms with Crippen LogP contribution < -0.4 is 10.1 Å². The number of rotatable bonds is 5. The summed E-state index contributed by atoms with van der Waals surface area (Å²) in [6.07, 6.45) is 0. The lowest BCUT2D eigenvalue weighted by molar-refractivity contribution is 0.103. The summed E-state index contributed by atoms with van der Waals surface area (Å²) in [5.74, 6) is -0.130. The normalized spacial score (nSPS) is 10.6. The van der Waals surface area contributed by atoms with E-state index in [0.29, 0.717) is 27.6 Å². The van der Waals surface area contributed by atoms with Crippen LogP contribution >= 0.6 is 11.3 Å². The molecular weight excluding hydrogens is 379 g/mol. The number of amides is 1. The van der Waals surface area contributed by atoms with Crippen LogP contribution in [0.1, 0.15) is 9.67 Å². The highest BCUT2D eigenvalue weighted by atomic mass is 32.1. The molecule has 0 saturated heterocycles. The maximum absolute atomic E-state index is 13.7. The van der Waals surface area contributed by atoms with Gasteiger partial charge >= 0.3 is 6.01 Å². The molecule has 1 amide bonds. The SMILES string of the molecule is COc1nc(-c2cccc(F)c2)n(-c2cccc(NC(=O)c3cccs3)c2)n1. The minimum absolute atomic E-state index is 0.160. The fourth-order valence-corrected chi connectivity index (χ4v) is 3.31. The summed E-state index contributed by atoms with van der Waals surface area (Å²) in [7, 11) is 1.46. The standard InChI is InChI=1S/C20H15FN4O2S/c1-27-20-23-18(13-5-2-6-14(21)11-13)25(24-20)16-8-3-7-15(12-16)22-19(26)17-9-4-10-28-17/h2-12H,1H3,(H,22,26). The van der Waals surface area contributed by atoms with Crippen molar-refractivity contribution in [1.82, 2.24) is 14.8 Å². The summed E-state index contributed by atoms with van der Waals surface area (Å²) in [5, 5.41) is 9.03. The largest absolute Gasteiger partial charge is 0.466 e. The summed E-state index contributed by atoms with van der Waals surface area (Å²) in [5.41, 5.74) is 1.82. The van der Waals surface area contributed by atoms with Gasteiger partial charge in [-0.15, -0.1) is 16.4 Å². The van der Waals surface area contributed by atoms with Crippen molar-refractivity contribution in [1.29, 1.82) is 0 Å². The molecule has 1 N–H and O–H groups in total. The van der Waals surface area contributed by atoms with Gasteiger partial charge in [-0.3, -0.25) is 4.79 Å². The number of hydrogen-bond acceptors (Lipinski definition) is 5. The molecule has 0 aliphatic carbocycles. The zero-order valence-electron chi connectivity index (χ0n) is 14.8. The van der Waals surface area contributed by atoms with E-state index in [-0.39, 0.29) is 17.7 Å². The van der Waals surface area contributed by atoms with E-state index >= 15 is 0 Å². The highest BCUT2D eigenvalue weighted by Crippen LogP contribution is 2.25. The fraction of sp³-hybridized carbons (Fsp3) is 0.0500. The van der Waals surface area contributed by atoms with Crippen LogP contribution in [-0.2, 0) is 0 Å².